The smallest absolute Gasteiger partial charge is 0.338 e. The molecule has 122 valence electrons. The van der Waals surface area contributed by atoms with E-state index in [9.17, 15) is 9.59 Å². The second-order valence-corrected chi connectivity index (χ2v) is 6.29. The highest BCUT2D eigenvalue weighted by Gasteiger charge is 2.74. The molecule has 0 N–H and O–H groups in total. The number of amides is 1. The second-order valence-electron chi connectivity index (χ2n) is 6.29. The number of benzene rings is 1. The van der Waals surface area contributed by atoms with Gasteiger partial charge in [0, 0.05) is 18.9 Å². The number of nitrogens with zero attached hydrogens (tertiary/aromatic N) is 1. The summed E-state index contributed by atoms with van der Waals surface area (Å²) in [4.78, 5) is 37.1. The summed E-state index contributed by atoms with van der Waals surface area (Å²) in [6.07, 6.45) is 3.49. The molecular formula is C17H19NO5. The molecule has 23 heavy (non-hydrogen) atoms. The Hall–Kier alpha value is -1.92. The van der Waals surface area contributed by atoms with E-state index in [1.807, 2.05) is 0 Å². The summed E-state index contributed by atoms with van der Waals surface area (Å²) < 4.78 is 5.08. The molecule has 2 atom stereocenters. The zero-order valence-corrected chi connectivity index (χ0v) is 13.3. The number of rotatable bonds is 2. The van der Waals surface area contributed by atoms with E-state index in [-0.39, 0.29) is 11.9 Å². The third-order valence-electron chi connectivity index (χ3n) is 5.11. The Morgan fingerprint density at radius 2 is 2.04 bits per heavy atom. The van der Waals surface area contributed by atoms with Gasteiger partial charge >= 0.3 is 5.97 Å². The van der Waals surface area contributed by atoms with Gasteiger partial charge in [-0.2, -0.15) is 0 Å². The van der Waals surface area contributed by atoms with Crippen LogP contribution in [0, 0.1) is 0 Å². The van der Waals surface area contributed by atoms with Crippen molar-refractivity contribution in [3.8, 4) is 0 Å². The van der Waals surface area contributed by atoms with Gasteiger partial charge in [0.25, 0.3) is 0 Å². The van der Waals surface area contributed by atoms with Crippen LogP contribution in [0.2, 0.25) is 0 Å². The number of fused-ring (bicyclic) bond motifs is 1. The first kappa shape index (κ1) is 14.7. The van der Waals surface area contributed by atoms with E-state index in [0.29, 0.717) is 12.2 Å². The van der Waals surface area contributed by atoms with E-state index >= 15 is 0 Å². The van der Waals surface area contributed by atoms with Gasteiger partial charge in [-0.25, -0.2) is 14.6 Å². The molecule has 1 aliphatic carbocycles. The molecule has 2 unspecified atom stereocenters. The molecule has 1 aromatic carbocycles. The van der Waals surface area contributed by atoms with Gasteiger partial charge in [0.05, 0.1) is 17.9 Å². The van der Waals surface area contributed by atoms with Gasteiger partial charge in [-0.1, -0.05) is 0 Å². The molecule has 0 spiro atoms. The van der Waals surface area contributed by atoms with Gasteiger partial charge in [-0.3, -0.25) is 9.69 Å². The maximum Gasteiger partial charge on any atom is 0.338 e. The minimum atomic E-state index is -0.757. The van der Waals surface area contributed by atoms with Crippen LogP contribution in [-0.2, 0) is 24.9 Å². The zero-order valence-electron chi connectivity index (χ0n) is 13.3. The van der Waals surface area contributed by atoms with Gasteiger partial charge in [0.15, 0.2) is 5.60 Å². The Labute approximate surface area is 134 Å². The predicted octanol–water partition coefficient (Wildman–Crippen LogP) is 2.66. The van der Waals surface area contributed by atoms with E-state index < -0.39 is 11.3 Å². The zero-order chi connectivity index (χ0) is 16.2. The Bertz CT molecular complexity index is 702. The van der Waals surface area contributed by atoms with E-state index in [4.69, 9.17) is 14.5 Å². The molecule has 2 fully saturated rings. The molecule has 4 rings (SSSR count). The van der Waals surface area contributed by atoms with Crippen LogP contribution in [0.5, 0.6) is 0 Å². The van der Waals surface area contributed by atoms with Crippen LogP contribution < -0.4 is 4.90 Å². The molecule has 0 bridgehead atoms. The maximum atomic E-state index is 12.3. The highest BCUT2D eigenvalue weighted by molar-refractivity contribution is 5.98. The molecule has 1 amide bonds. The Balaban J connectivity index is 1.86. The average Bonchev–Trinajstić information content (AvgIpc) is 2.71. The second kappa shape index (κ2) is 4.79. The quantitative estimate of drug-likeness (QED) is 0.620. The first-order valence-corrected chi connectivity index (χ1v) is 8.05. The van der Waals surface area contributed by atoms with Crippen LogP contribution in [0.3, 0.4) is 0 Å². The summed E-state index contributed by atoms with van der Waals surface area (Å²) in [5, 5.41) is 0. The standard InChI is InChI=1S/C17H19NO5/c1-3-21-15(20)12-6-7-14-13(10-12)16-8-4-5-9-17(16,23-22-16)18(14)11(2)19/h6-7,10H,3-5,8-9H2,1-2H3. The Morgan fingerprint density at radius 3 is 2.70 bits per heavy atom. The predicted molar refractivity (Wildman–Crippen MR) is 80.6 cm³/mol. The number of carbonyl (C=O) groups is 2. The van der Waals surface area contributed by atoms with Crippen LogP contribution in [0.4, 0.5) is 5.69 Å². The summed E-state index contributed by atoms with van der Waals surface area (Å²) in [7, 11) is 0. The SMILES string of the molecule is CCOC(=O)c1ccc2c(c1)C13CCCCC1(OO3)N2C(C)=O. The van der Waals surface area contributed by atoms with E-state index in [0.717, 1.165) is 36.9 Å². The number of hydrogen-bond donors (Lipinski definition) is 0. The van der Waals surface area contributed by atoms with Gasteiger partial charge in [-0.15, -0.1) is 0 Å². The molecule has 2 heterocycles. The molecule has 0 aromatic heterocycles. The molecule has 3 aliphatic rings. The fourth-order valence-corrected chi connectivity index (χ4v) is 4.19. The summed E-state index contributed by atoms with van der Waals surface area (Å²) in [6, 6.07) is 5.28. The lowest BCUT2D eigenvalue weighted by Crippen LogP contribution is -2.71. The molecule has 2 aliphatic heterocycles. The third-order valence-corrected chi connectivity index (χ3v) is 5.11. The van der Waals surface area contributed by atoms with Crippen LogP contribution >= 0.6 is 0 Å². The number of esters is 1. The molecule has 6 nitrogen and oxygen atoms in total. The normalized spacial score (nSPS) is 30.8. The average molecular weight is 317 g/mol. The summed E-state index contributed by atoms with van der Waals surface area (Å²) in [5.41, 5.74) is 0.677. The fourth-order valence-electron chi connectivity index (χ4n) is 4.19. The van der Waals surface area contributed by atoms with Crippen LogP contribution in [0.15, 0.2) is 18.2 Å². The molecule has 0 radical (unpaired) electrons. The lowest BCUT2D eigenvalue weighted by Gasteiger charge is -2.57. The molecule has 1 saturated carbocycles. The van der Waals surface area contributed by atoms with Crippen molar-refractivity contribution in [2.45, 2.75) is 50.9 Å². The van der Waals surface area contributed by atoms with Crippen molar-refractivity contribution in [2.75, 3.05) is 11.5 Å². The van der Waals surface area contributed by atoms with Gasteiger partial charge in [0.2, 0.25) is 11.6 Å². The summed E-state index contributed by atoms with van der Waals surface area (Å²) in [6.45, 7) is 3.63. The van der Waals surface area contributed by atoms with Crippen molar-refractivity contribution in [1.82, 2.24) is 0 Å². The number of carbonyl (C=O) groups excluding carboxylic acids is 2. The van der Waals surface area contributed by atoms with E-state index in [2.05, 4.69) is 0 Å². The molecular weight excluding hydrogens is 298 g/mol. The van der Waals surface area contributed by atoms with Crippen molar-refractivity contribution < 1.29 is 24.1 Å². The van der Waals surface area contributed by atoms with Crippen molar-refractivity contribution in [3.05, 3.63) is 29.3 Å². The highest BCUT2D eigenvalue weighted by Crippen LogP contribution is 2.65. The van der Waals surface area contributed by atoms with E-state index in [1.54, 1.807) is 30.0 Å². The summed E-state index contributed by atoms with van der Waals surface area (Å²) in [5.74, 6) is -0.447. The lowest BCUT2D eigenvalue weighted by atomic mass is 9.73. The Morgan fingerprint density at radius 1 is 1.26 bits per heavy atom. The van der Waals surface area contributed by atoms with E-state index in [1.165, 1.54) is 6.92 Å². The topological polar surface area (TPSA) is 65.1 Å². The van der Waals surface area contributed by atoms with Gasteiger partial charge in [-0.05, 0) is 44.4 Å². The minimum Gasteiger partial charge on any atom is -0.462 e. The Kier molecular flexibility index (Phi) is 3.05. The molecule has 6 heteroatoms. The number of ether oxygens (including phenoxy) is 1. The first-order chi connectivity index (χ1) is 11.1. The van der Waals surface area contributed by atoms with Crippen molar-refractivity contribution in [3.63, 3.8) is 0 Å². The first-order valence-electron chi connectivity index (χ1n) is 8.05. The van der Waals surface area contributed by atoms with Crippen molar-refractivity contribution in [1.29, 1.82) is 0 Å². The molecule has 1 aromatic rings. The van der Waals surface area contributed by atoms with Crippen molar-refractivity contribution in [2.24, 2.45) is 0 Å². The number of anilines is 1. The van der Waals surface area contributed by atoms with Gasteiger partial charge in [0.1, 0.15) is 0 Å². The van der Waals surface area contributed by atoms with Crippen LogP contribution in [-0.4, -0.2) is 24.2 Å². The maximum absolute atomic E-state index is 12.3. The fraction of sp³-hybridized carbons (Fsp3) is 0.529. The van der Waals surface area contributed by atoms with Crippen LogP contribution in [0.25, 0.3) is 0 Å². The lowest BCUT2D eigenvalue weighted by molar-refractivity contribution is -0.563. The minimum absolute atomic E-state index is 0.0813. The summed E-state index contributed by atoms with van der Waals surface area (Å²) >= 11 is 0. The van der Waals surface area contributed by atoms with Gasteiger partial charge < -0.3 is 4.74 Å². The largest absolute Gasteiger partial charge is 0.462 e. The van der Waals surface area contributed by atoms with Crippen molar-refractivity contribution >= 4 is 17.6 Å². The number of hydrogen-bond acceptors (Lipinski definition) is 5. The van der Waals surface area contributed by atoms with Crippen LogP contribution in [0.1, 0.15) is 55.5 Å². The molecule has 1 saturated heterocycles. The monoisotopic (exact) mass is 317 g/mol. The highest BCUT2D eigenvalue weighted by atomic mass is 17.3. The third kappa shape index (κ3) is 1.65.